The number of methoxy groups -OCH3 is 1. The van der Waals surface area contributed by atoms with E-state index in [-0.39, 0.29) is 30.6 Å². The number of piperidine rings is 1. The molecular weight excluding hydrogens is 516 g/mol. The number of rotatable bonds is 17. The number of likely N-dealkylation sites (tertiary alicyclic amines) is 1. The molecule has 3 N–H and O–H groups in total. The van der Waals surface area contributed by atoms with Crippen LogP contribution in [-0.4, -0.2) is 85.8 Å². The first-order valence-electron chi connectivity index (χ1n) is 15.4. The first kappa shape index (κ1) is 34.2. The Balaban J connectivity index is 2.09. The van der Waals surface area contributed by atoms with Crippen LogP contribution in [0.4, 0.5) is 0 Å². The van der Waals surface area contributed by atoms with Crippen molar-refractivity contribution in [3.63, 3.8) is 0 Å². The van der Waals surface area contributed by atoms with E-state index in [1.54, 1.807) is 7.11 Å². The van der Waals surface area contributed by atoms with Crippen molar-refractivity contribution in [3.05, 3.63) is 0 Å². The fourth-order valence-electron chi connectivity index (χ4n) is 5.92. The lowest BCUT2D eigenvalue weighted by molar-refractivity contribution is -0.157. The fourth-order valence-corrected chi connectivity index (χ4v) is 8.49. The summed E-state index contributed by atoms with van der Waals surface area (Å²) >= 11 is 0. The first-order chi connectivity index (χ1) is 18.6. The highest BCUT2D eigenvalue weighted by Crippen LogP contribution is 2.30. The molecule has 39 heavy (non-hydrogen) atoms. The van der Waals surface area contributed by atoms with Gasteiger partial charge in [-0.2, -0.15) is 0 Å². The highest BCUT2D eigenvalue weighted by atomic mass is 28.4. The molecule has 0 unspecified atom stereocenters. The molecule has 228 valence electrons. The summed E-state index contributed by atoms with van der Waals surface area (Å²) in [6.07, 6.45) is 8.91. The second kappa shape index (κ2) is 17.7. The third kappa shape index (κ3) is 11.8. The van der Waals surface area contributed by atoms with Gasteiger partial charge in [-0.05, 0) is 50.0 Å². The summed E-state index contributed by atoms with van der Waals surface area (Å²) in [6, 6.07) is 0.311. The van der Waals surface area contributed by atoms with Gasteiger partial charge in [0.15, 0.2) is 0 Å². The predicted molar refractivity (Wildman–Crippen MR) is 154 cm³/mol. The summed E-state index contributed by atoms with van der Waals surface area (Å²) in [4.78, 5) is 51.2. The van der Waals surface area contributed by atoms with Gasteiger partial charge in [0.25, 0.3) is 5.91 Å². The summed E-state index contributed by atoms with van der Waals surface area (Å²) in [5.41, 5.74) is -0.648. The molecule has 1 saturated heterocycles. The highest BCUT2D eigenvalue weighted by Gasteiger charge is 2.43. The van der Waals surface area contributed by atoms with Gasteiger partial charge in [-0.15, -0.1) is 0 Å². The molecule has 0 aromatic rings. The molecular formula is C29H56N2O7Si. The summed E-state index contributed by atoms with van der Waals surface area (Å²) in [7, 11) is -2.12. The Morgan fingerprint density at radius 3 is 2.26 bits per heavy atom. The second-order valence-corrected chi connectivity index (χ2v) is 14.9. The molecule has 2 aliphatic rings. The fraction of sp³-hybridized carbons (Fsp3) is 0.931. The third-order valence-corrected chi connectivity index (χ3v) is 11.1. The Morgan fingerprint density at radius 1 is 1.03 bits per heavy atom. The number of amides is 2. The molecule has 1 aliphatic carbocycles. The van der Waals surface area contributed by atoms with Gasteiger partial charge in [0, 0.05) is 20.2 Å². The van der Waals surface area contributed by atoms with E-state index >= 15 is 0 Å². The minimum atomic E-state index is -3.72. The lowest BCUT2D eigenvalue weighted by atomic mass is 9.87. The minimum Gasteiger partial charge on any atom is -0.409 e. The molecule has 10 heteroatoms. The van der Waals surface area contributed by atoms with E-state index in [2.05, 4.69) is 12.2 Å². The maximum Gasteiger partial charge on any atom is 0.356 e. The van der Waals surface area contributed by atoms with Crippen LogP contribution in [0.1, 0.15) is 105 Å². The van der Waals surface area contributed by atoms with Gasteiger partial charge < -0.3 is 34.0 Å². The normalized spacial score (nSPS) is 20.2. The summed E-state index contributed by atoms with van der Waals surface area (Å²) in [6.45, 7) is 9.33. The van der Waals surface area contributed by atoms with Crippen LogP contribution in [0.15, 0.2) is 0 Å². The molecule has 1 saturated carbocycles. The van der Waals surface area contributed by atoms with Crippen molar-refractivity contribution in [1.29, 1.82) is 0 Å². The third-order valence-electron chi connectivity index (χ3n) is 8.14. The first-order valence-corrected chi connectivity index (χ1v) is 17.6. The van der Waals surface area contributed by atoms with Gasteiger partial charge in [0.1, 0.15) is 19.0 Å². The Bertz CT molecular complexity index is 710. The van der Waals surface area contributed by atoms with Crippen molar-refractivity contribution in [1.82, 2.24) is 10.2 Å². The number of nitrogens with one attached hydrogen (secondary N) is 1. The topological polar surface area (TPSA) is 118 Å². The van der Waals surface area contributed by atoms with Gasteiger partial charge >= 0.3 is 8.56 Å². The standard InChI is InChI=1S/C29H56N2O7Si/c1-6-8-14-26(38-25(7-2)29(33)31-17-15-24(16-18-31)37-21-36-5)28(32)30-27(39(34,35)20-22(3)4)19-23-12-10-9-11-13-23/h22-27,34-35H,6-21H2,1-5H3,(H,30,32)/t25-,26-,27+/m0/s1. The van der Waals surface area contributed by atoms with Crippen LogP contribution in [0.25, 0.3) is 0 Å². The van der Waals surface area contributed by atoms with E-state index in [0.717, 1.165) is 51.4 Å². The molecule has 9 nitrogen and oxygen atoms in total. The summed E-state index contributed by atoms with van der Waals surface area (Å²) in [5.74, 6) is 0.0864. The van der Waals surface area contributed by atoms with Gasteiger partial charge in [0.2, 0.25) is 5.91 Å². The molecule has 2 amide bonds. The summed E-state index contributed by atoms with van der Waals surface area (Å²) < 4.78 is 16.9. The van der Waals surface area contributed by atoms with E-state index < -0.39 is 26.4 Å². The number of hydrogen-bond donors (Lipinski definition) is 3. The Kier molecular flexibility index (Phi) is 15.5. The van der Waals surface area contributed by atoms with Crippen LogP contribution < -0.4 is 5.32 Å². The molecule has 0 bridgehead atoms. The van der Waals surface area contributed by atoms with Crippen molar-refractivity contribution in [2.45, 2.75) is 135 Å². The van der Waals surface area contributed by atoms with Crippen molar-refractivity contribution >= 4 is 20.4 Å². The summed E-state index contributed by atoms with van der Waals surface area (Å²) in [5, 5.41) is 3.04. The van der Waals surface area contributed by atoms with Crippen molar-refractivity contribution in [2.75, 3.05) is 27.0 Å². The van der Waals surface area contributed by atoms with Crippen molar-refractivity contribution in [3.8, 4) is 0 Å². The molecule has 2 fully saturated rings. The van der Waals surface area contributed by atoms with Crippen LogP contribution in [0.2, 0.25) is 6.04 Å². The van der Waals surface area contributed by atoms with Gasteiger partial charge in [-0.1, -0.05) is 72.6 Å². The Hall–Kier alpha value is -1.04. The van der Waals surface area contributed by atoms with E-state index in [4.69, 9.17) is 14.2 Å². The monoisotopic (exact) mass is 572 g/mol. The van der Waals surface area contributed by atoms with Crippen LogP contribution in [0.5, 0.6) is 0 Å². The molecule has 3 atom stereocenters. The SMILES string of the molecule is CCCC[C@H](O[C@@H](CC)C(=O)N1CCC(OCOC)CC1)C(=O)N[C@@H](CC1CCCCC1)[Si](O)(O)CC(C)C. The van der Waals surface area contributed by atoms with Crippen LogP contribution in [0, 0.1) is 11.8 Å². The van der Waals surface area contributed by atoms with E-state index in [1.807, 2.05) is 25.7 Å². The average molecular weight is 573 g/mol. The number of unbranched alkanes of at least 4 members (excludes halogenated alkanes) is 1. The quantitative estimate of drug-likeness (QED) is 0.178. The van der Waals surface area contributed by atoms with Crippen LogP contribution in [0.3, 0.4) is 0 Å². The number of carbonyl (C=O) groups excluding carboxylic acids is 2. The highest BCUT2D eigenvalue weighted by molar-refractivity contribution is 6.66. The van der Waals surface area contributed by atoms with Crippen LogP contribution in [-0.2, 0) is 23.8 Å². The average Bonchev–Trinajstić information content (AvgIpc) is 2.91. The van der Waals surface area contributed by atoms with Crippen LogP contribution >= 0.6 is 0 Å². The van der Waals surface area contributed by atoms with Gasteiger partial charge in [-0.3, -0.25) is 9.59 Å². The maximum absolute atomic E-state index is 13.6. The van der Waals surface area contributed by atoms with E-state index in [1.165, 1.54) is 6.42 Å². The molecule has 2 rings (SSSR count). The Morgan fingerprint density at radius 2 is 1.69 bits per heavy atom. The zero-order chi connectivity index (χ0) is 28.8. The van der Waals surface area contributed by atoms with Crippen molar-refractivity contribution < 1.29 is 33.4 Å². The number of ether oxygens (including phenoxy) is 3. The number of carbonyl (C=O) groups is 2. The van der Waals surface area contributed by atoms with Gasteiger partial charge in [-0.25, -0.2) is 0 Å². The Labute approximate surface area is 237 Å². The van der Waals surface area contributed by atoms with E-state index in [9.17, 15) is 19.2 Å². The molecule has 1 aliphatic heterocycles. The molecule has 0 aromatic carbocycles. The second-order valence-electron chi connectivity index (χ2n) is 12.0. The molecule has 0 aromatic heterocycles. The maximum atomic E-state index is 13.6. The molecule has 0 radical (unpaired) electrons. The number of hydrogen-bond acceptors (Lipinski definition) is 7. The minimum absolute atomic E-state index is 0.0754. The molecule has 0 spiro atoms. The predicted octanol–water partition coefficient (Wildman–Crippen LogP) is 4.03. The zero-order valence-electron chi connectivity index (χ0n) is 25.2. The van der Waals surface area contributed by atoms with Crippen molar-refractivity contribution in [2.24, 2.45) is 11.8 Å². The van der Waals surface area contributed by atoms with Gasteiger partial charge in [0.05, 0.1) is 11.8 Å². The lowest BCUT2D eigenvalue weighted by Gasteiger charge is -2.36. The largest absolute Gasteiger partial charge is 0.409 e. The zero-order valence-corrected chi connectivity index (χ0v) is 26.2. The molecule has 1 heterocycles. The van der Waals surface area contributed by atoms with E-state index in [0.29, 0.717) is 44.3 Å². The smallest absolute Gasteiger partial charge is 0.356 e. The number of nitrogens with zero attached hydrogens (tertiary/aromatic N) is 1. The lowest BCUT2D eigenvalue weighted by Crippen LogP contribution is -2.60.